The Hall–Kier alpha value is -1.26. The van der Waals surface area contributed by atoms with Gasteiger partial charge >= 0.3 is 12.0 Å². The number of nitrogens with two attached hydrogens (primary N) is 1. The summed E-state index contributed by atoms with van der Waals surface area (Å²) in [7, 11) is 0. The molecule has 0 spiro atoms. The molecule has 1 aliphatic rings. The summed E-state index contributed by atoms with van der Waals surface area (Å²) in [6.07, 6.45) is 6.13. The molecule has 1 aromatic heterocycles. The van der Waals surface area contributed by atoms with Crippen LogP contribution in [0.25, 0.3) is 0 Å². The van der Waals surface area contributed by atoms with Crippen molar-refractivity contribution < 1.29 is 4.42 Å². The summed E-state index contributed by atoms with van der Waals surface area (Å²) in [6, 6.07) is 0.554. The number of anilines is 2. The number of nitrogens with zero attached hydrogens (tertiary/aromatic N) is 2. The zero-order valence-corrected chi connectivity index (χ0v) is 8.42. The molecular formula is C9H16N4O. The van der Waals surface area contributed by atoms with Crippen molar-refractivity contribution in [2.24, 2.45) is 0 Å². The highest BCUT2D eigenvalue weighted by Gasteiger charge is 2.28. The van der Waals surface area contributed by atoms with Gasteiger partial charge in [-0.05, 0) is 19.8 Å². The van der Waals surface area contributed by atoms with Crippen molar-refractivity contribution in [2.45, 2.75) is 44.6 Å². The monoisotopic (exact) mass is 196 g/mol. The van der Waals surface area contributed by atoms with Crippen LogP contribution in [0.4, 0.5) is 12.0 Å². The van der Waals surface area contributed by atoms with Crippen LogP contribution in [0.1, 0.15) is 39.0 Å². The Morgan fingerprint density at radius 1 is 1.29 bits per heavy atom. The molecular weight excluding hydrogens is 180 g/mol. The lowest BCUT2D eigenvalue weighted by Crippen LogP contribution is -2.36. The summed E-state index contributed by atoms with van der Waals surface area (Å²) in [5, 5.41) is 10.7. The second-order valence-corrected chi connectivity index (χ2v) is 4.19. The molecule has 0 unspecified atom stereocenters. The van der Waals surface area contributed by atoms with E-state index in [4.69, 9.17) is 10.2 Å². The molecule has 1 aliphatic carbocycles. The van der Waals surface area contributed by atoms with Crippen LogP contribution < -0.4 is 11.1 Å². The Labute approximate surface area is 83.1 Å². The fraction of sp³-hybridized carbons (Fsp3) is 0.778. The van der Waals surface area contributed by atoms with Gasteiger partial charge in [-0.1, -0.05) is 29.5 Å². The van der Waals surface area contributed by atoms with Crippen molar-refractivity contribution >= 4 is 12.0 Å². The number of nitrogen functional groups attached to an aromatic ring is 1. The Morgan fingerprint density at radius 2 is 2.00 bits per heavy atom. The van der Waals surface area contributed by atoms with E-state index >= 15 is 0 Å². The first-order valence-corrected chi connectivity index (χ1v) is 5.05. The van der Waals surface area contributed by atoms with Crippen molar-refractivity contribution in [3.63, 3.8) is 0 Å². The second kappa shape index (κ2) is 3.48. The average molecular weight is 196 g/mol. The summed E-state index contributed by atoms with van der Waals surface area (Å²) >= 11 is 0. The minimum Gasteiger partial charge on any atom is -0.390 e. The van der Waals surface area contributed by atoms with Gasteiger partial charge in [0.1, 0.15) is 0 Å². The molecule has 1 heterocycles. The van der Waals surface area contributed by atoms with E-state index in [2.05, 4.69) is 22.4 Å². The third-order valence-electron chi connectivity index (χ3n) is 2.81. The summed E-state index contributed by atoms with van der Waals surface area (Å²) in [5.41, 5.74) is 5.44. The number of aromatic nitrogens is 2. The van der Waals surface area contributed by atoms with Gasteiger partial charge in [-0.3, -0.25) is 0 Å². The second-order valence-electron chi connectivity index (χ2n) is 4.19. The summed E-state index contributed by atoms with van der Waals surface area (Å²) in [6.45, 7) is 2.19. The Balaban J connectivity index is 2.01. The molecule has 1 fully saturated rings. The fourth-order valence-corrected chi connectivity index (χ4v) is 2.00. The maximum Gasteiger partial charge on any atom is 0.317 e. The van der Waals surface area contributed by atoms with Gasteiger partial charge in [0.2, 0.25) is 0 Å². The molecule has 3 N–H and O–H groups in total. The van der Waals surface area contributed by atoms with Crippen molar-refractivity contribution in [3.8, 4) is 0 Å². The van der Waals surface area contributed by atoms with Crippen molar-refractivity contribution in [1.82, 2.24) is 10.2 Å². The summed E-state index contributed by atoms with van der Waals surface area (Å²) < 4.78 is 5.10. The quantitative estimate of drug-likeness (QED) is 0.754. The van der Waals surface area contributed by atoms with Gasteiger partial charge in [0.15, 0.2) is 0 Å². The largest absolute Gasteiger partial charge is 0.390 e. The van der Waals surface area contributed by atoms with Gasteiger partial charge in [0.25, 0.3) is 0 Å². The molecule has 0 bridgehead atoms. The molecule has 0 atom stereocenters. The first kappa shape index (κ1) is 9.30. The molecule has 1 aromatic rings. The summed E-state index contributed by atoms with van der Waals surface area (Å²) in [4.78, 5) is 0. The lowest BCUT2D eigenvalue weighted by Gasteiger charge is -2.33. The molecule has 0 aliphatic heterocycles. The Morgan fingerprint density at radius 3 is 2.57 bits per heavy atom. The predicted molar refractivity (Wildman–Crippen MR) is 53.8 cm³/mol. The number of hydrogen-bond donors (Lipinski definition) is 2. The molecule has 14 heavy (non-hydrogen) atoms. The molecule has 0 aromatic carbocycles. The molecule has 0 amide bonds. The van der Waals surface area contributed by atoms with Crippen LogP contribution >= 0.6 is 0 Å². The van der Waals surface area contributed by atoms with Gasteiger partial charge in [-0.2, -0.15) is 0 Å². The molecule has 78 valence electrons. The van der Waals surface area contributed by atoms with Crippen molar-refractivity contribution in [2.75, 3.05) is 11.1 Å². The van der Waals surface area contributed by atoms with E-state index in [0.717, 1.165) is 12.8 Å². The van der Waals surface area contributed by atoms with E-state index in [0.29, 0.717) is 6.01 Å². The Bertz CT molecular complexity index is 304. The third-order valence-corrected chi connectivity index (χ3v) is 2.81. The molecule has 0 radical (unpaired) electrons. The van der Waals surface area contributed by atoms with E-state index in [1.54, 1.807) is 0 Å². The maximum atomic E-state index is 5.35. The fourth-order valence-electron chi connectivity index (χ4n) is 2.00. The number of nitrogens with one attached hydrogen (secondary N) is 1. The van der Waals surface area contributed by atoms with Gasteiger partial charge < -0.3 is 15.5 Å². The Kier molecular flexibility index (Phi) is 2.31. The topological polar surface area (TPSA) is 77.0 Å². The maximum absolute atomic E-state index is 5.35. The molecule has 2 rings (SSSR count). The van der Waals surface area contributed by atoms with E-state index in [1.165, 1.54) is 19.3 Å². The van der Waals surface area contributed by atoms with E-state index in [1.807, 2.05) is 0 Å². The van der Waals surface area contributed by atoms with Crippen molar-refractivity contribution in [1.29, 1.82) is 0 Å². The van der Waals surface area contributed by atoms with Crippen LogP contribution in [0.2, 0.25) is 0 Å². The summed E-state index contributed by atoms with van der Waals surface area (Å²) in [5.74, 6) is 0. The predicted octanol–water partition coefficient (Wildman–Crippen LogP) is 1.79. The SMILES string of the molecule is CC1(Nc2nnc(N)o2)CCCCC1. The normalized spacial score (nSPS) is 20.6. The van der Waals surface area contributed by atoms with Gasteiger partial charge in [0, 0.05) is 5.54 Å². The van der Waals surface area contributed by atoms with Crippen LogP contribution in [0.5, 0.6) is 0 Å². The van der Waals surface area contributed by atoms with E-state index in [9.17, 15) is 0 Å². The molecule has 0 saturated heterocycles. The van der Waals surface area contributed by atoms with E-state index < -0.39 is 0 Å². The third kappa shape index (κ3) is 1.97. The highest BCUT2D eigenvalue weighted by molar-refractivity contribution is 5.27. The first-order valence-electron chi connectivity index (χ1n) is 5.05. The van der Waals surface area contributed by atoms with Gasteiger partial charge in [-0.15, -0.1) is 0 Å². The van der Waals surface area contributed by atoms with Gasteiger partial charge in [-0.25, -0.2) is 0 Å². The lowest BCUT2D eigenvalue weighted by molar-refractivity contribution is 0.341. The van der Waals surface area contributed by atoms with Crippen molar-refractivity contribution in [3.05, 3.63) is 0 Å². The highest BCUT2D eigenvalue weighted by atomic mass is 16.4. The molecule has 5 heteroatoms. The standard InChI is InChI=1S/C9H16N4O/c1-9(5-3-2-4-6-9)11-8-13-12-7(10)14-8/h2-6H2,1H3,(H2,10,12)(H,11,13). The first-order chi connectivity index (χ1) is 6.68. The number of hydrogen-bond acceptors (Lipinski definition) is 5. The van der Waals surface area contributed by atoms with Crippen LogP contribution in [0, 0.1) is 0 Å². The average Bonchev–Trinajstić information content (AvgIpc) is 2.51. The minimum absolute atomic E-state index is 0.0945. The lowest BCUT2D eigenvalue weighted by atomic mass is 9.83. The highest BCUT2D eigenvalue weighted by Crippen LogP contribution is 2.30. The molecule has 1 saturated carbocycles. The minimum atomic E-state index is 0.0945. The zero-order chi connectivity index (χ0) is 10.0. The van der Waals surface area contributed by atoms with E-state index in [-0.39, 0.29) is 11.6 Å². The zero-order valence-electron chi connectivity index (χ0n) is 8.42. The smallest absolute Gasteiger partial charge is 0.317 e. The molecule has 5 nitrogen and oxygen atoms in total. The van der Waals surface area contributed by atoms with Crippen LogP contribution in [-0.2, 0) is 0 Å². The van der Waals surface area contributed by atoms with Crippen LogP contribution in [0.15, 0.2) is 4.42 Å². The van der Waals surface area contributed by atoms with Gasteiger partial charge in [0.05, 0.1) is 0 Å². The number of rotatable bonds is 2. The van der Waals surface area contributed by atoms with Crippen LogP contribution in [0.3, 0.4) is 0 Å². The van der Waals surface area contributed by atoms with Crippen LogP contribution in [-0.4, -0.2) is 15.7 Å².